The smallest absolute Gasteiger partial charge is 0.471 e. The zero-order valence-electron chi connectivity index (χ0n) is 8.39. The van der Waals surface area contributed by atoms with E-state index in [0.29, 0.717) is 0 Å². The van der Waals surface area contributed by atoms with Crippen molar-refractivity contribution >= 4 is 28.3 Å². The van der Waals surface area contributed by atoms with Gasteiger partial charge in [-0.05, 0) is 0 Å². The topological polar surface area (TPSA) is 79.3 Å². The Labute approximate surface area is 103 Å². The van der Waals surface area contributed by atoms with E-state index in [1.807, 2.05) is 0 Å². The van der Waals surface area contributed by atoms with Crippen LogP contribution in [0.5, 0.6) is 0 Å². The summed E-state index contributed by atoms with van der Waals surface area (Å²) in [7, 11) is 0. The Morgan fingerprint density at radius 1 is 1.16 bits per heavy atom. The SMILES string of the molecule is O=C(O)c1sc(NC(=O)C(F)(F)F)nc1C(F)(F)F. The average molecular weight is 308 g/mol. The third-order valence-corrected chi connectivity index (χ3v) is 2.53. The molecule has 1 amide bonds. The largest absolute Gasteiger partial charge is 0.477 e. The van der Waals surface area contributed by atoms with Gasteiger partial charge in [-0.15, -0.1) is 0 Å². The minimum atomic E-state index is -5.33. The molecular formula is C7H2F6N2O3S. The van der Waals surface area contributed by atoms with Crippen LogP contribution >= 0.6 is 11.3 Å². The van der Waals surface area contributed by atoms with Crippen LogP contribution < -0.4 is 5.32 Å². The number of amides is 1. The highest BCUT2D eigenvalue weighted by Crippen LogP contribution is 2.36. The normalized spacial score (nSPS) is 12.3. The molecule has 0 aliphatic rings. The number of aromatic nitrogens is 1. The number of hydrogen-bond donors (Lipinski definition) is 2. The number of alkyl halides is 6. The highest BCUT2D eigenvalue weighted by Gasteiger charge is 2.42. The van der Waals surface area contributed by atoms with Gasteiger partial charge in [0.25, 0.3) is 0 Å². The first-order valence-corrected chi connectivity index (χ1v) is 4.94. The quantitative estimate of drug-likeness (QED) is 0.822. The lowest BCUT2D eigenvalue weighted by Gasteiger charge is -2.04. The number of nitrogens with zero attached hydrogens (tertiary/aromatic N) is 1. The first-order valence-electron chi connectivity index (χ1n) is 4.12. The number of hydrogen-bond acceptors (Lipinski definition) is 4. The summed E-state index contributed by atoms with van der Waals surface area (Å²) >= 11 is -0.224. The van der Waals surface area contributed by atoms with Gasteiger partial charge in [0.2, 0.25) is 0 Å². The zero-order chi connectivity index (χ0) is 15.0. The van der Waals surface area contributed by atoms with E-state index in [4.69, 9.17) is 5.11 Å². The first-order chi connectivity index (χ1) is 8.43. The van der Waals surface area contributed by atoms with Crippen molar-refractivity contribution in [2.24, 2.45) is 0 Å². The standard InChI is InChI=1S/C7H2F6N2O3S/c8-6(9,10)2-1(3(16)17)19-5(14-2)15-4(18)7(11,12)13/h(H,16,17)(H,14,15,18). The van der Waals surface area contributed by atoms with Gasteiger partial charge in [0, 0.05) is 0 Å². The third kappa shape index (κ3) is 3.56. The summed E-state index contributed by atoms with van der Waals surface area (Å²) in [5.74, 6) is -4.57. The highest BCUT2D eigenvalue weighted by atomic mass is 32.1. The van der Waals surface area contributed by atoms with Gasteiger partial charge in [0.05, 0.1) is 0 Å². The molecular weight excluding hydrogens is 306 g/mol. The fourth-order valence-electron chi connectivity index (χ4n) is 0.879. The molecule has 0 saturated carbocycles. The summed E-state index contributed by atoms with van der Waals surface area (Å²) in [6.07, 6.45) is -10.5. The van der Waals surface area contributed by atoms with Crippen molar-refractivity contribution in [3.8, 4) is 0 Å². The maximum Gasteiger partial charge on any atom is 0.471 e. The minimum absolute atomic E-state index is 0.224. The van der Waals surface area contributed by atoms with Crippen LogP contribution in [0, 0.1) is 0 Å². The zero-order valence-corrected chi connectivity index (χ0v) is 9.20. The van der Waals surface area contributed by atoms with Gasteiger partial charge in [-0.2, -0.15) is 26.3 Å². The molecule has 1 aromatic rings. The third-order valence-electron chi connectivity index (χ3n) is 1.57. The maximum atomic E-state index is 12.3. The van der Waals surface area contributed by atoms with Crippen molar-refractivity contribution in [3.63, 3.8) is 0 Å². The Hall–Kier alpha value is -1.85. The predicted molar refractivity (Wildman–Crippen MR) is 48.8 cm³/mol. The molecule has 0 atom stereocenters. The molecule has 0 aromatic carbocycles. The fourth-order valence-corrected chi connectivity index (χ4v) is 1.70. The molecule has 0 spiro atoms. The number of carboxylic acids is 1. The summed E-state index contributed by atoms with van der Waals surface area (Å²) in [5, 5.41) is 8.42. The average Bonchev–Trinajstić information content (AvgIpc) is 2.59. The van der Waals surface area contributed by atoms with E-state index in [0.717, 1.165) is 5.32 Å². The molecule has 0 bridgehead atoms. The van der Waals surface area contributed by atoms with Crippen LogP contribution in [0.1, 0.15) is 15.4 Å². The van der Waals surface area contributed by atoms with Gasteiger partial charge in [-0.25, -0.2) is 9.78 Å². The number of anilines is 1. The van der Waals surface area contributed by atoms with Crippen LogP contribution in [0.3, 0.4) is 0 Å². The van der Waals surface area contributed by atoms with Crippen molar-refractivity contribution in [1.29, 1.82) is 0 Å². The van der Waals surface area contributed by atoms with Gasteiger partial charge in [-0.1, -0.05) is 11.3 Å². The van der Waals surface area contributed by atoms with E-state index in [-0.39, 0.29) is 11.3 Å². The van der Waals surface area contributed by atoms with Crippen molar-refractivity contribution in [2.45, 2.75) is 12.4 Å². The van der Waals surface area contributed by atoms with Crippen LogP contribution in [0.15, 0.2) is 0 Å². The summed E-state index contributed by atoms with van der Waals surface area (Å²) in [6, 6.07) is 0. The van der Waals surface area contributed by atoms with Crippen molar-refractivity contribution in [2.75, 3.05) is 5.32 Å². The molecule has 1 aromatic heterocycles. The fraction of sp³-hybridized carbons (Fsp3) is 0.286. The van der Waals surface area contributed by atoms with E-state index in [1.165, 1.54) is 0 Å². The van der Waals surface area contributed by atoms with E-state index in [1.54, 1.807) is 0 Å². The lowest BCUT2D eigenvalue weighted by molar-refractivity contribution is -0.167. The Morgan fingerprint density at radius 2 is 1.68 bits per heavy atom. The number of carbonyl (C=O) groups excluding carboxylic acids is 1. The van der Waals surface area contributed by atoms with E-state index in [9.17, 15) is 35.9 Å². The molecule has 0 aliphatic heterocycles. The van der Waals surface area contributed by atoms with Crippen LogP contribution in [0.4, 0.5) is 31.5 Å². The van der Waals surface area contributed by atoms with Crippen LogP contribution in [-0.2, 0) is 11.0 Å². The van der Waals surface area contributed by atoms with Crippen molar-refractivity contribution < 1.29 is 41.0 Å². The molecule has 2 N–H and O–H groups in total. The summed E-state index contributed by atoms with van der Waals surface area (Å²) in [5.41, 5.74) is -1.87. The maximum absolute atomic E-state index is 12.3. The number of thiazole rings is 1. The molecule has 19 heavy (non-hydrogen) atoms. The molecule has 12 heteroatoms. The van der Waals surface area contributed by atoms with Gasteiger partial charge in [0.1, 0.15) is 4.88 Å². The lowest BCUT2D eigenvalue weighted by atomic mass is 10.3. The van der Waals surface area contributed by atoms with Gasteiger partial charge < -0.3 is 5.11 Å². The molecule has 0 fully saturated rings. The molecule has 5 nitrogen and oxygen atoms in total. The predicted octanol–water partition coefficient (Wildman–Crippen LogP) is 2.36. The minimum Gasteiger partial charge on any atom is -0.477 e. The van der Waals surface area contributed by atoms with E-state index in [2.05, 4.69) is 4.98 Å². The molecule has 0 aliphatic carbocycles. The summed E-state index contributed by atoms with van der Waals surface area (Å²) < 4.78 is 72.6. The second-order valence-electron chi connectivity index (χ2n) is 2.95. The number of carbonyl (C=O) groups is 2. The highest BCUT2D eigenvalue weighted by molar-refractivity contribution is 7.17. The number of rotatable bonds is 2. The van der Waals surface area contributed by atoms with E-state index >= 15 is 0 Å². The van der Waals surface area contributed by atoms with Crippen LogP contribution in [-0.4, -0.2) is 28.1 Å². The van der Waals surface area contributed by atoms with E-state index < -0.39 is 39.9 Å². The van der Waals surface area contributed by atoms with Crippen molar-refractivity contribution in [1.82, 2.24) is 4.98 Å². The molecule has 0 radical (unpaired) electrons. The summed E-state index contributed by atoms with van der Waals surface area (Å²) in [6.45, 7) is 0. The summed E-state index contributed by atoms with van der Waals surface area (Å²) in [4.78, 5) is 22.3. The van der Waals surface area contributed by atoms with Crippen LogP contribution in [0.2, 0.25) is 0 Å². The Balaban J connectivity index is 3.13. The van der Waals surface area contributed by atoms with Gasteiger partial charge in [-0.3, -0.25) is 10.1 Å². The molecule has 1 heterocycles. The number of nitrogens with one attached hydrogen (secondary N) is 1. The second-order valence-corrected chi connectivity index (χ2v) is 3.95. The Bertz CT molecular complexity index is 520. The van der Waals surface area contributed by atoms with Crippen LogP contribution in [0.25, 0.3) is 0 Å². The molecule has 0 unspecified atom stereocenters. The number of halogens is 6. The molecule has 0 saturated heterocycles. The monoisotopic (exact) mass is 308 g/mol. The number of aromatic carboxylic acids is 1. The lowest BCUT2D eigenvalue weighted by Crippen LogP contribution is -2.29. The number of carboxylic acid groups (broad SMARTS) is 1. The Morgan fingerprint density at radius 3 is 2.00 bits per heavy atom. The second kappa shape index (κ2) is 4.68. The molecule has 1 rings (SSSR count). The van der Waals surface area contributed by atoms with Crippen molar-refractivity contribution in [3.05, 3.63) is 10.6 Å². The Kier molecular flexibility index (Phi) is 3.74. The van der Waals surface area contributed by atoms with Gasteiger partial charge in [0.15, 0.2) is 10.8 Å². The molecule has 106 valence electrons. The first kappa shape index (κ1) is 15.2. The van der Waals surface area contributed by atoms with Gasteiger partial charge >= 0.3 is 24.2 Å².